The quantitative estimate of drug-likeness (QED) is 0.773. The Balaban J connectivity index is 1.33. The van der Waals surface area contributed by atoms with Crippen molar-refractivity contribution in [1.82, 2.24) is 14.8 Å². The predicted molar refractivity (Wildman–Crippen MR) is 111 cm³/mol. The lowest BCUT2D eigenvalue weighted by Crippen LogP contribution is -2.51. The highest BCUT2D eigenvalue weighted by molar-refractivity contribution is 7.15. The van der Waals surface area contributed by atoms with Gasteiger partial charge in [-0.25, -0.2) is 9.40 Å². The van der Waals surface area contributed by atoms with E-state index in [9.17, 15) is 14.0 Å². The molecule has 1 aromatic carbocycles. The second kappa shape index (κ2) is 8.42. The van der Waals surface area contributed by atoms with Crippen molar-refractivity contribution < 1.29 is 14.0 Å². The fraction of sp³-hybridized carbons (Fsp3) is 0.381. The molecule has 2 aliphatic rings. The van der Waals surface area contributed by atoms with Gasteiger partial charge in [0.15, 0.2) is 0 Å². The molecule has 0 aliphatic carbocycles. The molecule has 0 radical (unpaired) electrons. The second-order valence-electron chi connectivity index (χ2n) is 7.28. The molecule has 0 unspecified atom stereocenters. The smallest absolute Gasteiger partial charge is 0.270 e. The summed E-state index contributed by atoms with van der Waals surface area (Å²) in [6, 6.07) is 10.8. The minimum atomic E-state index is -0.203. The van der Waals surface area contributed by atoms with E-state index in [1.807, 2.05) is 23.1 Å². The summed E-state index contributed by atoms with van der Waals surface area (Å²) < 4.78 is 14.0. The molecule has 6 nitrogen and oxygen atoms in total. The summed E-state index contributed by atoms with van der Waals surface area (Å²) in [7, 11) is 1.59. The summed E-state index contributed by atoms with van der Waals surface area (Å²) in [6.07, 6.45) is 0.750. The molecule has 0 spiro atoms. The van der Waals surface area contributed by atoms with Gasteiger partial charge in [-0.05, 0) is 18.2 Å². The molecule has 152 valence electrons. The van der Waals surface area contributed by atoms with Crippen LogP contribution in [0.5, 0.6) is 0 Å². The molecule has 0 atom stereocenters. The van der Waals surface area contributed by atoms with E-state index >= 15 is 0 Å². The molecule has 29 heavy (non-hydrogen) atoms. The van der Waals surface area contributed by atoms with Gasteiger partial charge in [0.2, 0.25) is 5.91 Å². The number of piperazine rings is 1. The maximum Gasteiger partial charge on any atom is 0.270 e. The first kappa shape index (κ1) is 19.7. The van der Waals surface area contributed by atoms with Crippen LogP contribution in [0, 0.1) is 5.82 Å². The minimum Gasteiger partial charge on any atom is -0.335 e. The second-order valence-corrected chi connectivity index (χ2v) is 8.45. The largest absolute Gasteiger partial charge is 0.335 e. The summed E-state index contributed by atoms with van der Waals surface area (Å²) >= 11 is 1.61. The standard InChI is InChI=1S/C21H23FN4O2S/c1-24-20(27)9-7-18(23-24)21(28)26-12-10-25(11-13-26)14-15-6-8-19(29-15)16-4-2-3-5-17(16)22/h2-6,8H,7,9-14H2,1H3. The maximum absolute atomic E-state index is 14.0. The Kier molecular flexibility index (Phi) is 5.73. The Bertz CT molecular complexity index is 950. The van der Waals surface area contributed by atoms with E-state index in [0.717, 1.165) is 24.5 Å². The van der Waals surface area contributed by atoms with Crippen molar-refractivity contribution in [3.8, 4) is 10.4 Å². The molecule has 0 N–H and O–H groups in total. The number of benzene rings is 1. The Morgan fingerprint density at radius 1 is 1.10 bits per heavy atom. The highest BCUT2D eigenvalue weighted by Gasteiger charge is 2.28. The third kappa shape index (κ3) is 4.38. The number of hydrazone groups is 1. The molecule has 0 bridgehead atoms. The van der Waals surface area contributed by atoms with Crippen LogP contribution in [0.15, 0.2) is 41.5 Å². The number of amides is 2. The zero-order valence-corrected chi connectivity index (χ0v) is 17.1. The molecule has 8 heteroatoms. The van der Waals surface area contributed by atoms with Gasteiger partial charge in [0.25, 0.3) is 5.91 Å². The average molecular weight is 415 g/mol. The van der Waals surface area contributed by atoms with E-state index in [1.165, 1.54) is 16.0 Å². The molecular formula is C21H23FN4O2S. The van der Waals surface area contributed by atoms with Gasteiger partial charge in [0.1, 0.15) is 11.5 Å². The molecule has 1 fully saturated rings. The van der Waals surface area contributed by atoms with Gasteiger partial charge in [0, 0.05) is 67.9 Å². The zero-order valence-electron chi connectivity index (χ0n) is 16.3. The van der Waals surface area contributed by atoms with Gasteiger partial charge in [-0.3, -0.25) is 14.5 Å². The number of halogens is 1. The van der Waals surface area contributed by atoms with Crippen molar-refractivity contribution in [3.63, 3.8) is 0 Å². The number of hydrogen-bond donors (Lipinski definition) is 0. The Morgan fingerprint density at radius 2 is 1.86 bits per heavy atom. The van der Waals surface area contributed by atoms with Crippen molar-refractivity contribution in [1.29, 1.82) is 0 Å². The van der Waals surface area contributed by atoms with Gasteiger partial charge in [0.05, 0.1) is 0 Å². The van der Waals surface area contributed by atoms with Crippen LogP contribution in [0.1, 0.15) is 17.7 Å². The highest BCUT2D eigenvalue weighted by atomic mass is 32.1. The Labute approximate surface area is 173 Å². The lowest BCUT2D eigenvalue weighted by atomic mass is 10.1. The molecule has 1 saturated heterocycles. The molecule has 1 aromatic heterocycles. The monoisotopic (exact) mass is 414 g/mol. The normalized spacial score (nSPS) is 18.1. The molecule has 4 rings (SSSR count). The summed E-state index contributed by atoms with van der Waals surface area (Å²) in [5.41, 5.74) is 1.10. The van der Waals surface area contributed by atoms with Crippen LogP contribution < -0.4 is 0 Å². The Morgan fingerprint density at radius 3 is 2.59 bits per heavy atom. The SMILES string of the molecule is CN1N=C(C(=O)N2CCN(Cc3ccc(-c4ccccc4F)s3)CC2)CCC1=O. The van der Waals surface area contributed by atoms with Crippen LogP contribution >= 0.6 is 11.3 Å². The van der Waals surface area contributed by atoms with E-state index in [2.05, 4.69) is 10.0 Å². The predicted octanol–water partition coefficient (Wildman–Crippen LogP) is 2.81. The van der Waals surface area contributed by atoms with Crippen molar-refractivity contribution in [3.05, 3.63) is 47.1 Å². The van der Waals surface area contributed by atoms with Crippen molar-refractivity contribution in [2.45, 2.75) is 19.4 Å². The highest BCUT2D eigenvalue weighted by Crippen LogP contribution is 2.30. The first-order valence-corrected chi connectivity index (χ1v) is 10.5. The summed E-state index contributed by atoms with van der Waals surface area (Å²) in [4.78, 5) is 30.4. The molecule has 0 saturated carbocycles. The lowest BCUT2D eigenvalue weighted by molar-refractivity contribution is -0.131. The van der Waals surface area contributed by atoms with Crippen LogP contribution in [0.3, 0.4) is 0 Å². The van der Waals surface area contributed by atoms with E-state index in [0.29, 0.717) is 37.2 Å². The van der Waals surface area contributed by atoms with Crippen LogP contribution in [0.2, 0.25) is 0 Å². The van der Waals surface area contributed by atoms with Crippen LogP contribution in [0.4, 0.5) is 4.39 Å². The molecular weight excluding hydrogens is 391 g/mol. The fourth-order valence-electron chi connectivity index (χ4n) is 3.60. The number of thiophene rings is 1. The van der Waals surface area contributed by atoms with Crippen LogP contribution in [-0.4, -0.2) is 65.6 Å². The zero-order chi connectivity index (χ0) is 20.4. The van der Waals surface area contributed by atoms with Crippen LogP contribution in [-0.2, 0) is 16.1 Å². The first-order valence-electron chi connectivity index (χ1n) is 9.70. The van der Waals surface area contributed by atoms with Gasteiger partial charge in [-0.2, -0.15) is 5.10 Å². The van der Waals surface area contributed by atoms with Gasteiger partial charge >= 0.3 is 0 Å². The van der Waals surface area contributed by atoms with Gasteiger partial charge in [-0.1, -0.05) is 18.2 Å². The molecule has 3 heterocycles. The van der Waals surface area contributed by atoms with Gasteiger partial charge in [-0.15, -0.1) is 11.3 Å². The van der Waals surface area contributed by atoms with Gasteiger partial charge < -0.3 is 4.90 Å². The molecule has 2 aromatic rings. The van der Waals surface area contributed by atoms with Crippen molar-refractivity contribution in [2.75, 3.05) is 33.2 Å². The van der Waals surface area contributed by atoms with E-state index in [-0.39, 0.29) is 17.6 Å². The number of carbonyl (C=O) groups excluding carboxylic acids is 2. The fourth-order valence-corrected chi connectivity index (χ4v) is 4.68. The summed E-state index contributed by atoms with van der Waals surface area (Å²) in [5.74, 6) is -0.329. The number of hydrogen-bond acceptors (Lipinski definition) is 5. The summed E-state index contributed by atoms with van der Waals surface area (Å²) in [6.45, 7) is 3.63. The van der Waals surface area contributed by atoms with Crippen molar-refractivity contribution in [2.24, 2.45) is 5.10 Å². The third-order valence-corrected chi connectivity index (χ3v) is 6.40. The Hall–Kier alpha value is -2.58. The minimum absolute atomic E-state index is 0.0583. The number of carbonyl (C=O) groups is 2. The van der Waals surface area contributed by atoms with E-state index in [1.54, 1.807) is 30.5 Å². The maximum atomic E-state index is 14.0. The number of nitrogens with zero attached hydrogens (tertiary/aromatic N) is 4. The first-order chi connectivity index (χ1) is 14.0. The topological polar surface area (TPSA) is 56.2 Å². The van der Waals surface area contributed by atoms with E-state index < -0.39 is 0 Å². The molecule has 2 amide bonds. The molecule has 2 aliphatic heterocycles. The van der Waals surface area contributed by atoms with E-state index in [4.69, 9.17) is 0 Å². The number of rotatable bonds is 4. The third-order valence-electron chi connectivity index (χ3n) is 5.29. The van der Waals surface area contributed by atoms with Crippen molar-refractivity contribution >= 4 is 28.9 Å². The summed E-state index contributed by atoms with van der Waals surface area (Å²) in [5, 5.41) is 5.39. The van der Waals surface area contributed by atoms with Crippen LogP contribution in [0.25, 0.3) is 10.4 Å². The lowest BCUT2D eigenvalue weighted by Gasteiger charge is -2.35. The average Bonchev–Trinajstić information content (AvgIpc) is 3.18.